The second-order valence-electron chi connectivity index (χ2n) is 10.6. The maximum absolute atomic E-state index is 14.2. The number of likely N-dealkylation sites (N-methyl/N-ethyl adjacent to an activating group) is 2. The van der Waals surface area contributed by atoms with Gasteiger partial charge in [-0.05, 0) is 46.2 Å². The summed E-state index contributed by atoms with van der Waals surface area (Å²) < 4.78 is 35.3. The predicted molar refractivity (Wildman–Crippen MR) is 142 cm³/mol. The van der Waals surface area contributed by atoms with Crippen molar-refractivity contribution in [2.45, 2.75) is 58.0 Å². The number of carbonyl (C=O) groups is 1. The largest absolute Gasteiger partial charge is 0.493 e. The molecule has 3 aliphatic rings. The molecule has 1 saturated heterocycles. The Kier molecular flexibility index (Phi) is 6.58. The number of rotatable bonds is 2. The highest BCUT2D eigenvalue weighted by molar-refractivity contribution is 6.05. The summed E-state index contributed by atoms with van der Waals surface area (Å²) in [5.74, 6) is 0.0564. The van der Waals surface area contributed by atoms with E-state index in [1.165, 1.54) is 23.9 Å². The maximum Gasteiger partial charge on any atom is 0.280 e. The zero-order valence-corrected chi connectivity index (χ0v) is 22.8. The molecule has 5 heterocycles. The van der Waals surface area contributed by atoms with E-state index in [1.807, 2.05) is 25.5 Å². The molecule has 10 nitrogen and oxygen atoms in total. The summed E-state index contributed by atoms with van der Waals surface area (Å²) in [4.78, 5) is 31.5. The molecule has 3 atom stereocenters. The van der Waals surface area contributed by atoms with Crippen LogP contribution in [-0.2, 0) is 11.3 Å². The van der Waals surface area contributed by atoms with Gasteiger partial charge in [0.05, 0.1) is 25.8 Å². The Morgan fingerprint density at radius 1 is 1.21 bits per heavy atom. The van der Waals surface area contributed by atoms with Crippen LogP contribution in [0.25, 0.3) is 10.9 Å². The minimum absolute atomic E-state index is 0.0683. The molecule has 208 valence electrons. The van der Waals surface area contributed by atoms with E-state index in [9.17, 15) is 14.0 Å². The molecule has 0 N–H and O–H groups in total. The quantitative estimate of drug-likeness (QED) is 0.461. The summed E-state index contributed by atoms with van der Waals surface area (Å²) in [5, 5.41) is 5.15. The smallest absolute Gasteiger partial charge is 0.280 e. The molecule has 0 spiro atoms. The molecule has 0 aliphatic carbocycles. The lowest BCUT2D eigenvalue weighted by Gasteiger charge is -2.32. The summed E-state index contributed by atoms with van der Waals surface area (Å²) >= 11 is 0. The van der Waals surface area contributed by atoms with E-state index in [-0.39, 0.29) is 42.1 Å². The number of fused-ring (bicyclic) bond motifs is 9. The summed E-state index contributed by atoms with van der Waals surface area (Å²) in [6.07, 6.45) is 2.19. The van der Waals surface area contributed by atoms with E-state index in [0.717, 1.165) is 25.8 Å². The molecular formula is C28H34FN5O5. The van der Waals surface area contributed by atoms with Crippen LogP contribution < -0.4 is 15.0 Å². The zero-order valence-electron chi connectivity index (χ0n) is 22.8. The molecule has 11 heteroatoms. The third kappa shape index (κ3) is 4.28. The Morgan fingerprint density at radius 3 is 2.79 bits per heavy atom. The van der Waals surface area contributed by atoms with Crippen LogP contribution in [0.3, 0.4) is 0 Å². The van der Waals surface area contributed by atoms with Crippen LogP contribution >= 0.6 is 0 Å². The number of hydrogen-bond donors (Lipinski definition) is 0. The van der Waals surface area contributed by atoms with E-state index in [2.05, 4.69) is 4.90 Å². The van der Waals surface area contributed by atoms with Crippen molar-refractivity contribution >= 4 is 16.8 Å². The molecular weight excluding hydrogens is 505 g/mol. The van der Waals surface area contributed by atoms with Crippen molar-refractivity contribution in [3.8, 4) is 11.5 Å². The third-order valence-corrected chi connectivity index (χ3v) is 8.02. The number of epoxide rings is 1. The van der Waals surface area contributed by atoms with E-state index in [4.69, 9.17) is 19.3 Å². The van der Waals surface area contributed by atoms with Crippen molar-refractivity contribution in [2.75, 3.05) is 40.4 Å². The predicted octanol–water partition coefficient (Wildman–Crippen LogP) is 3.32. The van der Waals surface area contributed by atoms with Gasteiger partial charge >= 0.3 is 0 Å². The van der Waals surface area contributed by atoms with Crippen LogP contribution in [0, 0.1) is 5.82 Å². The fraction of sp³-hybridized carbons (Fsp3) is 0.536. The van der Waals surface area contributed by atoms with Crippen LogP contribution in [0.1, 0.15) is 67.0 Å². The van der Waals surface area contributed by atoms with Crippen LogP contribution in [0.15, 0.2) is 23.0 Å². The number of carbonyl (C=O) groups excluding carboxylic acids is 1. The van der Waals surface area contributed by atoms with E-state index in [0.29, 0.717) is 53.3 Å². The summed E-state index contributed by atoms with van der Waals surface area (Å²) in [6.45, 7) is 6.37. The number of halogens is 1. The molecule has 2 bridgehead atoms. The summed E-state index contributed by atoms with van der Waals surface area (Å²) in [5.41, 5.74) is 1.79. The van der Waals surface area contributed by atoms with Gasteiger partial charge in [-0.25, -0.2) is 9.07 Å². The van der Waals surface area contributed by atoms with Gasteiger partial charge in [0.25, 0.3) is 11.5 Å². The zero-order chi connectivity index (χ0) is 27.4. The molecule has 3 unspecified atom stereocenters. The van der Waals surface area contributed by atoms with Crippen LogP contribution in [0.5, 0.6) is 11.5 Å². The monoisotopic (exact) mass is 539 g/mol. The fourth-order valence-corrected chi connectivity index (χ4v) is 5.96. The van der Waals surface area contributed by atoms with E-state index >= 15 is 0 Å². The van der Waals surface area contributed by atoms with Gasteiger partial charge in [0.2, 0.25) is 0 Å². The Bertz CT molecular complexity index is 1500. The number of nitrogens with zero attached hydrogens (tertiary/aromatic N) is 5. The molecule has 39 heavy (non-hydrogen) atoms. The van der Waals surface area contributed by atoms with E-state index in [1.54, 1.807) is 11.0 Å². The van der Waals surface area contributed by atoms with Crippen molar-refractivity contribution in [2.24, 2.45) is 0 Å². The first kappa shape index (κ1) is 25.8. The van der Waals surface area contributed by atoms with Gasteiger partial charge in [0.15, 0.2) is 11.4 Å². The Labute approximate surface area is 225 Å². The molecule has 1 amide bonds. The van der Waals surface area contributed by atoms with Crippen molar-refractivity contribution in [3.63, 3.8) is 0 Å². The van der Waals surface area contributed by atoms with Crippen molar-refractivity contribution in [1.29, 1.82) is 0 Å². The molecule has 0 radical (unpaired) electrons. The number of methoxy groups -OCH3 is 1. The summed E-state index contributed by atoms with van der Waals surface area (Å²) in [7, 11) is 3.50. The second kappa shape index (κ2) is 9.95. The summed E-state index contributed by atoms with van der Waals surface area (Å²) in [6, 6.07) is 4.23. The van der Waals surface area contributed by atoms with Gasteiger partial charge in [-0.2, -0.15) is 5.10 Å². The van der Waals surface area contributed by atoms with Crippen molar-refractivity contribution < 1.29 is 23.4 Å². The number of benzene rings is 1. The van der Waals surface area contributed by atoms with Gasteiger partial charge in [-0.1, -0.05) is 6.07 Å². The third-order valence-electron chi connectivity index (χ3n) is 8.02. The number of aromatic nitrogens is 3. The molecule has 0 saturated carbocycles. The number of ether oxygens (including phenoxy) is 3. The van der Waals surface area contributed by atoms with Crippen LogP contribution in [0.4, 0.5) is 4.39 Å². The highest BCUT2D eigenvalue weighted by Crippen LogP contribution is 2.46. The Morgan fingerprint density at radius 2 is 2.03 bits per heavy atom. The van der Waals surface area contributed by atoms with Crippen molar-refractivity contribution in [1.82, 2.24) is 24.1 Å². The normalized spacial score (nSPS) is 23.8. The SMILES string of the molecule is CCN1CC(C)n2c(c(OC)c3c(=O)n4nc(c32)C2OC2N(C)CCCCCOc2cc(F)ccc2C4)C1=O. The van der Waals surface area contributed by atoms with Crippen molar-refractivity contribution in [3.05, 3.63) is 51.3 Å². The minimum atomic E-state index is -0.409. The molecule has 1 aromatic carbocycles. The number of hydrogen-bond acceptors (Lipinski definition) is 7. The van der Waals surface area contributed by atoms with Gasteiger partial charge in [0.1, 0.15) is 35.0 Å². The first-order chi connectivity index (χ1) is 18.8. The van der Waals surface area contributed by atoms with Crippen LogP contribution in [-0.4, -0.2) is 76.7 Å². The molecule has 1 fully saturated rings. The average Bonchev–Trinajstić information content (AvgIpc) is 3.63. The minimum Gasteiger partial charge on any atom is -0.493 e. The highest BCUT2D eigenvalue weighted by Gasteiger charge is 2.48. The molecule has 3 aromatic rings. The highest BCUT2D eigenvalue weighted by atomic mass is 19.1. The van der Waals surface area contributed by atoms with Gasteiger partial charge in [-0.15, -0.1) is 0 Å². The lowest BCUT2D eigenvalue weighted by atomic mass is 10.1. The number of amides is 1. The van der Waals surface area contributed by atoms with Crippen LogP contribution in [0.2, 0.25) is 0 Å². The Hall–Kier alpha value is -3.44. The standard InChI is InChI=1S/C28H34FN5O5/c1-5-32-14-16(2)34-22-20(24(37-4)23(34)27(32)36)26(35)33-15-17-9-10-18(29)13-19(17)38-12-8-6-7-11-31(3)28-25(39-28)21(22)30-33/h9-10,13,16,25,28H,5-8,11-12,14-15H2,1-4H3. The lowest BCUT2D eigenvalue weighted by Crippen LogP contribution is -2.42. The second-order valence-corrected chi connectivity index (χ2v) is 10.6. The first-order valence-electron chi connectivity index (χ1n) is 13.6. The first-order valence-corrected chi connectivity index (χ1v) is 13.6. The fourth-order valence-electron chi connectivity index (χ4n) is 5.96. The molecule has 2 aromatic heterocycles. The topological polar surface area (TPSA) is 94.4 Å². The van der Waals surface area contributed by atoms with Gasteiger partial charge < -0.3 is 23.7 Å². The molecule has 3 aliphatic heterocycles. The average molecular weight is 540 g/mol. The van der Waals surface area contributed by atoms with Gasteiger partial charge in [-0.3, -0.25) is 14.5 Å². The van der Waals surface area contributed by atoms with E-state index < -0.39 is 5.82 Å². The molecule has 6 rings (SSSR count). The Balaban J connectivity index is 1.60. The van der Waals surface area contributed by atoms with Gasteiger partial charge in [0, 0.05) is 37.3 Å². The lowest BCUT2D eigenvalue weighted by molar-refractivity contribution is 0.0685. The maximum atomic E-state index is 14.2.